The quantitative estimate of drug-likeness (QED) is 0.591. The fraction of sp³-hybridized carbons (Fsp3) is 0.381. The van der Waals surface area contributed by atoms with E-state index < -0.39 is 10.0 Å². The van der Waals surface area contributed by atoms with Crippen LogP contribution in [-0.4, -0.2) is 53.3 Å². The van der Waals surface area contributed by atoms with Crippen LogP contribution < -0.4 is 13.8 Å². The molecule has 7 nitrogen and oxygen atoms in total. The van der Waals surface area contributed by atoms with E-state index in [0.717, 1.165) is 17.6 Å². The van der Waals surface area contributed by atoms with Gasteiger partial charge in [-0.05, 0) is 36.2 Å². The molecule has 0 N–H and O–H groups in total. The summed E-state index contributed by atoms with van der Waals surface area (Å²) in [7, 11) is 1.40. The molecule has 158 valence electrons. The van der Waals surface area contributed by atoms with Crippen molar-refractivity contribution in [3.8, 4) is 11.5 Å². The Hall–Kier alpha value is -2.74. The van der Waals surface area contributed by atoms with Crippen molar-refractivity contribution in [1.82, 2.24) is 4.90 Å². The zero-order valence-electron chi connectivity index (χ0n) is 17.3. The van der Waals surface area contributed by atoms with Crippen LogP contribution in [0.2, 0.25) is 0 Å². The van der Waals surface area contributed by atoms with E-state index in [1.54, 1.807) is 43.3 Å². The van der Waals surface area contributed by atoms with Crippen molar-refractivity contribution in [3.63, 3.8) is 0 Å². The molecular weight excluding hydrogens is 392 g/mol. The third kappa shape index (κ3) is 6.67. The molecule has 0 saturated carbocycles. The second-order valence-corrected chi connectivity index (χ2v) is 8.64. The molecule has 0 atom stereocenters. The van der Waals surface area contributed by atoms with E-state index in [1.807, 2.05) is 24.3 Å². The number of benzene rings is 2. The van der Waals surface area contributed by atoms with Crippen LogP contribution in [-0.2, 0) is 21.4 Å². The minimum Gasteiger partial charge on any atom is -0.497 e. The topological polar surface area (TPSA) is 76.2 Å². The first-order valence-corrected chi connectivity index (χ1v) is 11.1. The predicted octanol–water partition coefficient (Wildman–Crippen LogP) is 2.91. The Bertz CT molecular complexity index is 913. The van der Waals surface area contributed by atoms with Gasteiger partial charge in [-0.15, -0.1) is 0 Å². The normalized spacial score (nSPS) is 11.0. The number of sulfonamides is 1. The molecule has 2 aromatic rings. The third-order valence-corrected chi connectivity index (χ3v) is 5.69. The van der Waals surface area contributed by atoms with Gasteiger partial charge < -0.3 is 14.4 Å². The Morgan fingerprint density at radius 3 is 2.24 bits per heavy atom. The summed E-state index contributed by atoms with van der Waals surface area (Å²) in [4.78, 5) is 14.1. The van der Waals surface area contributed by atoms with Gasteiger partial charge in [0.1, 0.15) is 11.5 Å². The maximum Gasteiger partial charge on any atom is 0.232 e. The summed E-state index contributed by atoms with van der Waals surface area (Å²) in [6, 6.07) is 14.4. The lowest BCUT2D eigenvalue weighted by molar-refractivity contribution is -0.130. The number of ether oxygens (including phenoxy) is 2. The van der Waals surface area contributed by atoms with Crippen LogP contribution in [0.5, 0.6) is 11.5 Å². The molecule has 0 heterocycles. The molecule has 0 unspecified atom stereocenters. The van der Waals surface area contributed by atoms with Crippen molar-refractivity contribution in [2.24, 2.45) is 0 Å². The maximum atomic E-state index is 12.5. The highest BCUT2D eigenvalue weighted by Gasteiger charge is 2.19. The monoisotopic (exact) mass is 420 g/mol. The molecule has 0 aliphatic carbocycles. The van der Waals surface area contributed by atoms with Crippen LogP contribution in [0.1, 0.15) is 18.4 Å². The summed E-state index contributed by atoms with van der Waals surface area (Å²) in [5.41, 5.74) is 1.52. The molecule has 0 aliphatic heterocycles. The minimum atomic E-state index is -3.48. The van der Waals surface area contributed by atoms with Gasteiger partial charge in [0.05, 0.1) is 26.2 Å². The summed E-state index contributed by atoms with van der Waals surface area (Å²) in [5, 5.41) is 0. The fourth-order valence-corrected chi connectivity index (χ4v) is 3.87. The summed E-state index contributed by atoms with van der Waals surface area (Å²) in [6.07, 6.45) is 1.82. The van der Waals surface area contributed by atoms with Gasteiger partial charge in [0.25, 0.3) is 0 Å². The number of methoxy groups -OCH3 is 2. The number of anilines is 1. The van der Waals surface area contributed by atoms with Crippen LogP contribution in [0.3, 0.4) is 0 Å². The van der Waals surface area contributed by atoms with Gasteiger partial charge in [-0.1, -0.05) is 18.2 Å². The standard InChI is InChI=1S/C21H28N2O5S/c1-22(16-17-10-12-19(27-2)13-11-17)21(24)9-6-14-23(29(4,25)26)18-7-5-8-20(15-18)28-3/h5,7-8,10-13,15H,6,9,14,16H2,1-4H3. The maximum absolute atomic E-state index is 12.5. The smallest absolute Gasteiger partial charge is 0.232 e. The summed E-state index contributed by atoms with van der Waals surface area (Å²) in [5.74, 6) is 1.30. The van der Waals surface area contributed by atoms with Gasteiger partial charge in [0.15, 0.2) is 0 Å². The number of amides is 1. The highest BCUT2D eigenvalue weighted by atomic mass is 32.2. The highest BCUT2D eigenvalue weighted by Crippen LogP contribution is 2.23. The molecule has 0 aromatic heterocycles. The van der Waals surface area contributed by atoms with E-state index in [1.165, 1.54) is 11.4 Å². The lowest BCUT2D eigenvalue weighted by Crippen LogP contribution is -2.32. The first kappa shape index (κ1) is 22.5. The van der Waals surface area contributed by atoms with E-state index in [4.69, 9.17) is 9.47 Å². The lowest BCUT2D eigenvalue weighted by atomic mass is 10.2. The molecule has 1 amide bonds. The van der Waals surface area contributed by atoms with E-state index in [2.05, 4.69) is 0 Å². The largest absolute Gasteiger partial charge is 0.497 e. The first-order chi connectivity index (χ1) is 13.7. The second-order valence-electron chi connectivity index (χ2n) is 6.74. The molecule has 0 aliphatic rings. The average Bonchev–Trinajstić information content (AvgIpc) is 2.70. The molecular formula is C21H28N2O5S. The second kappa shape index (κ2) is 10.2. The molecule has 8 heteroatoms. The number of carbonyl (C=O) groups is 1. The van der Waals surface area contributed by atoms with Crippen LogP contribution >= 0.6 is 0 Å². The van der Waals surface area contributed by atoms with Crippen molar-refractivity contribution >= 4 is 21.6 Å². The van der Waals surface area contributed by atoms with Gasteiger partial charge in [0, 0.05) is 32.6 Å². The van der Waals surface area contributed by atoms with E-state index in [0.29, 0.717) is 24.4 Å². The zero-order valence-corrected chi connectivity index (χ0v) is 18.1. The van der Waals surface area contributed by atoms with E-state index in [9.17, 15) is 13.2 Å². The summed E-state index contributed by atoms with van der Waals surface area (Å²) < 4.78 is 36.0. The van der Waals surface area contributed by atoms with Crippen LogP contribution in [0.15, 0.2) is 48.5 Å². The van der Waals surface area contributed by atoms with Gasteiger partial charge in [-0.25, -0.2) is 8.42 Å². The van der Waals surface area contributed by atoms with Crippen molar-refractivity contribution in [1.29, 1.82) is 0 Å². The van der Waals surface area contributed by atoms with Gasteiger partial charge in [0.2, 0.25) is 15.9 Å². The van der Waals surface area contributed by atoms with E-state index >= 15 is 0 Å². The molecule has 0 bridgehead atoms. The number of rotatable bonds is 10. The minimum absolute atomic E-state index is 0.0417. The number of nitrogens with zero attached hydrogens (tertiary/aromatic N) is 2. The van der Waals surface area contributed by atoms with Crippen LogP contribution in [0, 0.1) is 0 Å². The Morgan fingerprint density at radius 1 is 1.00 bits per heavy atom. The molecule has 2 rings (SSSR count). The Labute approximate surface area is 172 Å². The van der Waals surface area contributed by atoms with Crippen molar-refractivity contribution in [3.05, 3.63) is 54.1 Å². The molecule has 0 radical (unpaired) electrons. The van der Waals surface area contributed by atoms with Crippen molar-refractivity contribution in [2.45, 2.75) is 19.4 Å². The first-order valence-electron chi connectivity index (χ1n) is 9.23. The molecule has 0 fully saturated rings. The fourth-order valence-electron chi connectivity index (χ4n) is 2.91. The molecule has 0 saturated heterocycles. The zero-order chi connectivity index (χ0) is 21.4. The van der Waals surface area contributed by atoms with Crippen molar-refractivity contribution < 1.29 is 22.7 Å². The van der Waals surface area contributed by atoms with E-state index in [-0.39, 0.29) is 18.9 Å². The molecule has 0 spiro atoms. The van der Waals surface area contributed by atoms with Gasteiger partial charge in [-0.3, -0.25) is 9.10 Å². The number of carbonyl (C=O) groups excluding carboxylic acids is 1. The SMILES string of the molecule is COc1ccc(CN(C)C(=O)CCCN(c2cccc(OC)c2)S(C)(=O)=O)cc1. The summed E-state index contributed by atoms with van der Waals surface area (Å²) >= 11 is 0. The van der Waals surface area contributed by atoms with Crippen LogP contribution in [0.25, 0.3) is 0 Å². The number of hydrogen-bond donors (Lipinski definition) is 0. The Balaban J connectivity index is 1.94. The van der Waals surface area contributed by atoms with Crippen LogP contribution in [0.4, 0.5) is 5.69 Å². The van der Waals surface area contributed by atoms with Crippen molar-refractivity contribution in [2.75, 3.05) is 38.4 Å². The Kier molecular flexibility index (Phi) is 7.90. The highest BCUT2D eigenvalue weighted by molar-refractivity contribution is 7.92. The average molecular weight is 421 g/mol. The summed E-state index contributed by atoms with van der Waals surface area (Å²) in [6.45, 7) is 0.697. The molecule has 29 heavy (non-hydrogen) atoms. The number of hydrogen-bond acceptors (Lipinski definition) is 5. The van der Waals surface area contributed by atoms with Gasteiger partial charge >= 0.3 is 0 Å². The third-order valence-electron chi connectivity index (χ3n) is 4.50. The molecule has 2 aromatic carbocycles. The lowest BCUT2D eigenvalue weighted by Gasteiger charge is -2.23. The predicted molar refractivity (Wildman–Crippen MR) is 114 cm³/mol. The van der Waals surface area contributed by atoms with Gasteiger partial charge in [-0.2, -0.15) is 0 Å². The Morgan fingerprint density at radius 2 is 1.66 bits per heavy atom.